The molecule has 5 nitrogen and oxygen atoms in total. The third-order valence-electron chi connectivity index (χ3n) is 6.55. The van der Waals surface area contributed by atoms with E-state index in [0.717, 1.165) is 58.2 Å². The highest BCUT2D eigenvalue weighted by molar-refractivity contribution is 5.88. The average molecular weight is 364 g/mol. The standard InChI is InChI=1S/C21H37N3O2/c25-20(23-14-13-22-17-9-3-1-2-4-10-17)18-11-5-6-12-19(18)21(26)24-15-7-8-16-24/h17-19,22H,1-16H2,(H,23,25). The summed E-state index contributed by atoms with van der Waals surface area (Å²) in [6, 6.07) is 0.619. The molecule has 3 rings (SSSR count). The molecule has 0 spiro atoms. The Morgan fingerprint density at radius 1 is 0.731 bits per heavy atom. The van der Waals surface area contributed by atoms with Crippen molar-refractivity contribution in [3.8, 4) is 0 Å². The normalized spacial score (nSPS) is 27.9. The van der Waals surface area contributed by atoms with E-state index in [0.29, 0.717) is 12.6 Å². The third kappa shape index (κ3) is 5.45. The molecule has 1 saturated heterocycles. The number of hydrogen-bond donors (Lipinski definition) is 2. The molecule has 1 heterocycles. The number of carbonyl (C=O) groups is 2. The minimum atomic E-state index is -0.116. The molecule has 0 aromatic heterocycles. The maximum absolute atomic E-state index is 12.8. The summed E-state index contributed by atoms with van der Waals surface area (Å²) in [6.45, 7) is 3.29. The first kappa shape index (κ1) is 19.7. The summed E-state index contributed by atoms with van der Waals surface area (Å²) in [5.74, 6) is 0.134. The highest BCUT2D eigenvalue weighted by Crippen LogP contribution is 2.32. The Balaban J connectivity index is 1.42. The predicted molar refractivity (Wildman–Crippen MR) is 104 cm³/mol. The molecule has 2 saturated carbocycles. The number of carbonyl (C=O) groups excluding carboxylic acids is 2. The SMILES string of the molecule is O=C(NCCNC1CCCCCC1)C1CCCCC1C(=O)N1CCCC1. The van der Waals surface area contributed by atoms with Gasteiger partial charge in [-0.3, -0.25) is 9.59 Å². The molecule has 1 aliphatic heterocycles. The van der Waals surface area contributed by atoms with Gasteiger partial charge >= 0.3 is 0 Å². The second-order valence-corrected chi connectivity index (χ2v) is 8.46. The van der Waals surface area contributed by atoms with Crippen molar-refractivity contribution < 1.29 is 9.59 Å². The van der Waals surface area contributed by atoms with E-state index in [2.05, 4.69) is 10.6 Å². The van der Waals surface area contributed by atoms with Crippen LogP contribution in [0.25, 0.3) is 0 Å². The smallest absolute Gasteiger partial charge is 0.226 e. The van der Waals surface area contributed by atoms with Gasteiger partial charge in [0, 0.05) is 44.1 Å². The molecule has 5 heteroatoms. The van der Waals surface area contributed by atoms with Gasteiger partial charge in [0.15, 0.2) is 0 Å². The molecule has 26 heavy (non-hydrogen) atoms. The van der Waals surface area contributed by atoms with Crippen LogP contribution in [0.3, 0.4) is 0 Å². The van der Waals surface area contributed by atoms with Crippen LogP contribution in [-0.4, -0.2) is 48.9 Å². The molecular weight excluding hydrogens is 326 g/mol. The van der Waals surface area contributed by atoms with E-state index in [4.69, 9.17) is 0 Å². The number of amides is 2. The van der Waals surface area contributed by atoms with Gasteiger partial charge in [0.05, 0.1) is 0 Å². The summed E-state index contributed by atoms with van der Waals surface area (Å²) in [4.78, 5) is 27.5. The van der Waals surface area contributed by atoms with Crippen molar-refractivity contribution in [2.75, 3.05) is 26.2 Å². The number of nitrogens with one attached hydrogen (secondary N) is 2. The van der Waals surface area contributed by atoms with Gasteiger partial charge in [0.2, 0.25) is 11.8 Å². The first-order valence-electron chi connectivity index (χ1n) is 11.1. The summed E-state index contributed by atoms with van der Waals surface area (Å²) in [5.41, 5.74) is 0. The Labute approximate surface area is 158 Å². The van der Waals surface area contributed by atoms with Gasteiger partial charge in [-0.05, 0) is 38.5 Å². The number of likely N-dealkylation sites (tertiary alicyclic amines) is 1. The minimum absolute atomic E-state index is 0.0864. The van der Waals surface area contributed by atoms with Gasteiger partial charge in [0.1, 0.15) is 0 Å². The van der Waals surface area contributed by atoms with Crippen molar-refractivity contribution in [3.63, 3.8) is 0 Å². The molecule has 2 aliphatic carbocycles. The number of rotatable bonds is 6. The van der Waals surface area contributed by atoms with Gasteiger partial charge in [-0.25, -0.2) is 0 Å². The lowest BCUT2D eigenvalue weighted by atomic mass is 9.78. The van der Waals surface area contributed by atoms with Crippen LogP contribution in [0.1, 0.15) is 77.0 Å². The average Bonchev–Trinajstić information content (AvgIpc) is 3.09. The maximum atomic E-state index is 12.8. The summed E-state index contributed by atoms with van der Waals surface area (Å²) in [5, 5.41) is 6.72. The molecule has 2 atom stereocenters. The molecule has 0 aromatic carbocycles. The van der Waals surface area contributed by atoms with Crippen LogP contribution in [-0.2, 0) is 9.59 Å². The van der Waals surface area contributed by atoms with Crippen LogP contribution in [0, 0.1) is 11.8 Å². The van der Waals surface area contributed by atoms with Crippen LogP contribution in [0.5, 0.6) is 0 Å². The molecule has 2 amide bonds. The Hall–Kier alpha value is -1.10. The Kier molecular flexibility index (Phi) is 7.78. The molecule has 3 fully saturated rings. The van der Waals surface area contributed by atoms with E-state index in [9.17, 15) is 9.59 Å². The Morgan fingerprint density at radius 2 is 1.35 bits per heavy atom. The van der Waals surface area contributed by atoms with Gasteiger partial charge in [-0.2, -0.15) is 0 Å². The highest BCUT2D eigenvalue weighted by Gasteiger charge is 2.38. The molecule has 2 N–H and O–H groups in total. The first-order valence-corrected chi connectivity index (χ1v) is 11.1. The Morgan fingerprint density at radius 3 is 2.04 bits per heavy atom. The van der Waals surface area contributed by atoms with Crippen molar-refractivity contribution in [2.24, 2.45) is 11.8 Å². The number of nitrogens with zero attached hydrogens (tertiary/aromatic N) is 1. The third-order valence-corrected chi connectivity index (χ3v) is 6.55. The van der Waals surface area contributed by atoms with Gasteiger partial charge < -0.3 is 15.5 Å². The van der Waals surface area contributed by atoms with Crippen molar-refractivity contribution in [1.29, 1.82) is 0 Å². The lowest BCUT2D eigenvalue weighted by Gasteiger charge is -2.32. The summed E-state index contributed by atoms with van der Waals surface area (Å²) < 4.78 is 0. The van der Waals surface area contributed by atoms with E-state index in [1.807, 2.05) is 4.90 Å². The molecule has 2 unspecified atom stereocenters. The largest absolute Gasteiger partial charge is 0.355 e. The van der Waals surface area contributed by atoms with Crippen molar-refractivity contribution in [1.82, 2.24) is 15.5 Å². The van der Waals surface area contributed by atoms with Crippen molar-refractivity contribution >= 4 is 11.8 Å². The zero-order valence-electron chi connectivity index (χ0n) is 16.3. The van der Waals surface area contributed by atoms with E-state index >= 15 is 0 Å². The second kappa shape index (κ2) is 10.3. The van der Waals surface area contributed by atoms with E-state index in [1.54, 1.807) is 0 Å². The quantitative estimate of drug-likeness (QED) is 0.563. The fourth-order valence-electron chi connectivity index (χ4n) is 4.99. The lowest BCUT2D eigenvalue weighted by Crippen LogP contribution is -2.46. The van der Waals surface area contributed by atoms with Crippen LogP contribution in [0.15, 0.2) is 0 Å². The fourth-order valence-corrected chi connectivity index (χ4v) is 4.99. The van der Waals surface area contributed by atoms with Gasteiger partial charge in [-0.15, -0.1) is 0 Å². The van der Waals surface area contributed by atoms with Crippen LogP contribution < -0.4 is 10.6 Å². The van der Waals surface area contributed by atoms with E-state index in [1.165, 1.54) is 38.5 Å². The summed E-state index contributed by atoms with van der Waals surface area (Å²) >= 11 is 0. The number of hydrogen-bond acceptors (Lipinski definition) is 3. The highest BCUT2D eigenvalue weighted by atomic mass is 16.2. The molecule has 148 valence electrons. The van der Waals surface area contributed by atoms with Crippen molar-refractivity contribution in [2.45, 2.75) is 83.1 Å². The van der Waals surface area contributed by atoms with Crippen LogP contribution >= 0.6 is 0 Å². The zero-order valence-corrected chi connectivity index (χ0v) is 16.3. The molecule has 0 radical (unpaired) electrons. The molecule has 3 aliphatic rings. The summed E-state index contributed by atoms with van der Waals surface area (Å²) in [6.07, 6.45) is 14.0. The second-order valence-electron chi connectivity index (χ2n) is 8.46. The van der Waals surface area contributed by atoms with E-state index < -0.39 is 0 Å². The Bertz CT molecular complexity index is 454. The first-order chi connectivity index (χ1) is 12.8. The summed E-state index contributed by atoms with van der Waals surface area (Å²) in [7, 11) is 0. The molecule has 0 aromatic rings. The van der Waals surface area contributed by atoms with Gasteiger partial charge in [0.25, 0.3) is 0 Å². The monoisotopic (exact) mass is 363 g/mol. The lowest BCUT2D eigenvalue weighted by molar-refractivity contribution is -0.142. The molecular formula is C21H37N3O2. The predicted octanol–water partition coefficient (Wildman–Crippen LogP) is 2.84. The fraction of sp³-hybridized carbons (Fsp3) is 0.905. The maximum Gasteiger partial charge on any atom is 0.226 e. The van der Waals surface area contributed by atoms with E-state index in [-0.39, 0.29) is 23.7 Å². The van der Waals surface area contributed by atoms with Crippen LogP contribution in [0.4, 0.5) is 0 Å². The van der Waals surface area contributed by atoms with Crippen molar-refractivity contribution in [3.05, 3.63) is 0 Å². The minimum Gasteiger partial charge on any atom is -0.355 e. The van der Waals surface area contributed by atoms with Crippen LogP contribution in [0.2, 0.25) is 0 Å². The van der Waals surface area contributed by atoms with Gasteiger partial charge in [-0.1, -0.05) is 38.5 Å². The molecule has 0 bridgehead atoms. The zero-order chi connectivity index (χ0) is 18.2. The topological polar surface area (TPSA) is 61.4 Å².